The van der Waals surface area contributed by atoms with Crippen LogP contribution in [-0.2, 0) is 6.42 Å². The van der Waals surface area contributed by atoms with Crippen molar-refractivity contribution in [3.63, 3.8) is 0 Å². The fraction of sp³-hybridized carbons (Fsp3) is 0.647. The van der Waals surface area contributed by atoms with Gasteiger partial charge >= 0.3 is 0 Å². The van der Waals surface area contributed by atoms with Gasteiger partial charge in [-0.1, -0.05) is 36.8 Å². The molecule has 0 aromatic heterocycles. The van der Waals surface area contributed by atoms with Gasteiger partial charge < -0.3 is 5.32 Å². The van der Waals surface area contributed by atoms with E-state index in [1.165, 1.54) is 49.8 Å². The van der Waals surface area contributed by atoms with Gasteiger partial charge in [0.1, 0.15) is 0 Å². The van der Waals surface area contributed by atoms with Gasteiger partial charge in [0.15, 0.2) is 0 Å². The van der Waals surface area contributed by atoms with Gasteiger partial charge in [0, 0.05) is 12.6 Å². The lowest BCUT2D eigenvalue weighted by molar-refractivity contribution is 0.255. The maximum Gasteiger partial charge on any atom is 0.00684 e. The Morgan fingerprint density at radius 3 is 2.61 bits per heavy atom. The summed E-state index contributed by atoms with van der Waals surface area (Å²) in [5.41, 5.74) is 3.37. The minimum atomic E-state index is 0.469. The van der Waals surface area contributed by atoms with Crippen LogP contribution in [0.2, 0.25) is 0 Å². The van der Waals surface area contributed by atoms with Crippen molar-refractivity contribution in [3.8, 4) is 0 Å². The smallest absolute Gasteiger partial charge is 0.00684 e. The Hall–Kier alpha value is -0.820. The van der Waals surface area contributed by atoms with Gasteiger partial charge in [-0.05, 0) is 55.9 Å². The second-order valence-electron chi connectivity index (χ2n) is 6.75. The third-order valence-electron chi connectivity index (χ3n) is 4.63. The molecule has 0 radical (unpaired) electrons. The summed E-state index contributed by atoms with van der Waals surface area (Å²) in [6.07, 6.45) is 6.90. The SMILES string of the molecule is Cc1cccc(CC(C)(CNC2CC2)C2CC2)c1. The summed E-state index contributed by atoms with van der Waals surface area (Å²) >= 11 is 0. The number of rotatable bonds is 6. The highest BCUT2D eigenvalue weighted by Gasteiger charge is 2.41. The van der Waals surface area contributed by atoms with Gasteiger partial charge in [-0.25, -0.2) is 0 Å². The van der Waals surface area contributed by atoms with Crippen LogP contribution in [0.1, 0.15) is 43.7 Å². The molecule has 1 aromatic carbocycles. The molecule has 1 aromatic rings. The van der Waals surface area contributed by atoms with Crippen molar-refractivity contribution in [1.29, 1.82) is 0 Å². The molecule has 18 heavy (non-hydrogen) atoms. The molecule has 98 valence electrons. The zero-order valence-corrected chi connectivity index (χ0v) is 11.7. The van der Waals surface area contributed by atoms with Crippen molar-refractivity contribution in [2.45, 2.75) is 52.0 Å². The maximum atomic E-state index is 3.75. The number of benzene rings is 1. The zero-order valence-electron chi connectivity index (χ0n) is 11.7. The van der Waals surface area contributed by atoms with E-state index in [0.29, 0.717) is 5.41 Å². The molecule has 2 aliphatic rings. The topological polar surface area (TPSA) is 12.0 Å². The van der Waals surface area contributed by atoms with E-state index in [0.717, 1.165) is 12.0 Å². The number of nitrogens with one attached hydrogen (secondary N) is 1. The first-order valence-corrected chi connectivity index (χ1v) is 7.45. The van der Waals surface area contributed by atoms with Crippen LogP contribution in [0.5, 0.6) is 0 Å². The van der Waals surface area contributed by atoms with Crippen LogP contribution in [0.4, 0.5) is 0 Å². The van der Waals surface area contributed by atoms with Crippen molar-refractivity contribution in [1.82, 2.24) is 5.32 Å². The van der Waals surface area contributed by atoms with Crippen LogP contribution >= 0.6 is 0 Å². The fourth-order valence-electron chi connectivity index (χ4n) is 3.08. The van der Waals surface area contributed by atoms with Crippen LogP contribution in [0.15, 0.2) is 24.3 Å². The van der Waals surface area contributed by atoms with Crippen LogP contribution in [0.25, 0.3) is 0 Å². The summed E-state index contributed by atoms with van der Waals surface area (Å²) in [6, 6.07) is 9.88. The summed E-state index contributed by atoms with van der Waals surface area (Å²) < 4.78 is 0. The average molecular weight is 243 g/mol. The second-order valence-corrected chi connectivity index (χ2v) is 6.75. The molecular formula is C17H25N. The van der Waals surface area contributed by atoms with Gasteiger partial charge in [-0.15, -0.1) is 0 Å². The first kappa shape index (κ1) is 12.2. The number of aryl methyl sites for hydroxylation is 1. The minimum Gasteiger partial charge on any atom is -0.313 e. The third kappa shape index (κ3) is 2.95. The van der Waals surface area contributed by atoms with E-state index in [4.69, 9.17) is 0 Å². The molecule has 0 bridgehead atoms. The van der Waals surface area contributed by atoms with Gasteiger partial charge in [0.05, 0.1) is 0 Å². The van der Waals surface area contributed by atoms with Crippen LogP contribution < -0.4 is 5.32 Å². The van der Waals surface area contributed by atoms with Crippen LogP contribution in [-0.4, -0.2) is 12.6 Å². The molecule has 0 amide bonds. The molecule has 1 N–H and O–H groups in total. The number of hydrogen-bond acceptors (Lipinski definition) is 1. The van der Waals surface area contributed by atoms with Crippen molar-refractivity contribution in [2.75, 3.05) is 6.54 Å². The Balaban J connectivity index is 1.68. The Morgan fingerprint density at radius 2 is 2.00 bits per heavy atom. The quantitative estimate of drug-likeness (QED) is 0.803. The van der Waals surface area contributed by atoms with Gasteiger partial charge in [0.2, 0.25) is 0 Å². The lowest BCUT2D eigenvalue weighted by Crippen LogP contribution is -2.36. The predicted octanol–water partition coefficient (Wildman–Crippen LogP) is 3.71. The summed E-state index contributed by atoms with van der Waals surface area (Å²) in [4.78, 5) is 0. The highest BCUT2D eigenvalue weighted by Crippen LogP contribution is 2.47. The summed E-state index contributed by atoms with van der Waals surface area (Å²) in [7, 11) is 0. The first-order chi connectivity index (χ1) is 8.66. The minimum absolute atomic E-state index is 0.469. The van der Waals surface area contributed by atoms with Crippen LogP contribution in [0, 0.1) is 18.3 Å². The number of hydrogen-bond donors (Lipinski definition) is 1. The van der Waals surface area contributed by atoms with Gasteiger partial charge in [0.25, 0.3) is 0 Å². The van der Waals surface area contributed by atoms with Crippen molar-refractivity contribution < 1.29 is 0 Å². The Bertz CT molecular complexity index is 417. The van der Waals surface area contributed by atoms with E-state index in [9.17, 15) is 0 Å². The van der Waals surface area contributed by atoms with Crippen molar-refractivity contribution in [2.24, 2.45) is 11.3 Å². The molecule has 1 nitrogen and oxygen atoms in total. The normalized spacial score (nSPS) is 22.8. The summed E-state index contributed by atoms with van der Waals surface area (Å²) in [6.45, 7) is 5.89. The molecule has 2 fully saturated rings. The zero-order chi connectivity index (χ0) is 12.6. The maximum absolute atomic E-state index is 3.75. The second kappa shape index (κ2) is 4.70. The van der Waals surface area contributed by atoms with E-state index in [2.05, 4.69) is 43.4 Å². The van der Waals surface area contributed by atoms with E-state index in [1.807, 2.05) is 0 Å². The molecule has 1 atom stereocenters. The van der Waals surface area contributed by atoms with E-state index in [-0.39, 0.29) is 0 Å². The molecule has 0 heterocycles. The van der Waals surface area contributed by atoms with E-state index < -0.39 is 0 Å². The van der Waals surface area contributed by atoms with Crippen molar-refractivity contribution >= 4 is 0 Å². The first-order valence-electron chi connectivity index (χ1n) is 7.45. The molecule has 0 saturated heterocycles. The van der Waals surface area contributed by atoms with Crippen LogP contribution in [0.3, 0.4) is 0 Å². The standard InChI is InChI=1S/C17H25N/c1-13-4-3-5-14(10-13)11-17(2,15-6-7-15)12-18-16-8-9-16/h3-5,10,15-16,18H,6-9,11-12H2,1-2H3. The average Bonchev–Trinajstić information content (AvgIpc) is 3.17. The third-order valence-corrected chi connectivity index (χ3v) is 4.63. The van der Waals surface area contributed by atoms with Gasteiger partial charge in [-0.3, -0.25) is 0 Å². The highest BCUT2D eigenvalue weighted by atomic mass is 15.0. The largest absolute Gasteiger partial charge is 0.313 e. The molecule has 1 heteroatoms. The molecule has 2 saturated carbocycles. The molecule has 2 aliphatic carbocycles. The molecule has 3 rings (SSSR count). The Morgan fingerprint density at radius 1 is 1.22 bits per heavy atom. The summed E-state index contributed by atoms with van der Waals surface area (Å²) in [5, 5.41) is 3.75. The Labute approximate surface area is 111 Å². The molecule has 0 aliphatic heterocycles. The van der Waals surface area contributed by atoms with E-state index in [1.54, 1.807) is 0 Å². The van der Waals surface area contributed by atoms with E-state index >= 15 is 0 Å². The predicted molar refractivity (Wildman–Crippen MR) is 76.7 cm³/mol. The van der Waals surface area contributed by atoms with Gasteiger partial charge in [-0.2, -0.15) is 0 Å². The molecule has 1 unspecified atom stereocenters. The lowest BCUT2D eigenvalue weighted by atomic mass is 9.78. The monoisotopic (exact) mass is 243 g/mol. The summed E-state index contributed by atoms with van der Waals surface area (Å²) in [5.74, 6) is 0.948. The Kier molecular flexibility index (Phi) is 3.19. The lowest BCUT2D eigenvalue weighted by Gasteiger charge is -2.30. The molecule has 0 spiro atoms. The molecular weight excluding hydrogens is 218 g/mol. The highest BCUT2D eigenvalue weighted by molar-refractivity contribution is 5.24. The fourth-order valence-corrected chi connectivity index (χ4v) is 3.08. The van der Waals surface area contributed by atoms with Crippen molar-refractivity contribution in [3.05, 3.63) is 35.4 Å².